The number of hydrogen-bond donors (Lipinski definition) is 3. The molecule has 1 aliphatic carbocycles. The largest absolute Gasteiger partial charge is 0.508 e. The molecule has 4 rings (SSSR count). The monoisotopic (exact) mass is 382 g/mol. The third-order valence-electron chi connectivity index (χ3n) is 4.74. The molecule has 1 aliphatic rings. The zero-order chi connectivity index (χ0) is 19.3. The first-order valence-electron chi connectivity index (χ1n) is 8.37. The second-order valence-electron chi connectivity index (χ2n) is 6.46. The number of hydrogen-bond acceptors (Lipinski definition) is 7. The molecule has 0 fully saturated rings. The van der Waals surface area contributed by atoms with Crippen LogP contribution in [0.5, 0.6) is 0 Å². The van der Waals surface area contributed by atoms with Crippen LogP contribution in [0.3, 0.4) is 0 Å². The van der Waals surface area contributed by atoms with Gasteiger partial charge in [-0.25, -0.2) is 15.0 Å². The lowest BCUT2D eigenvalue weighted by Gasteiger charge is -2.24. The van der Waals surface area contributed by atoms with E-state index in [1.54, 1.807) is 23.0 Å². The average molecular weight is 382 g/mol. The third kappa shape index (κ3) is 2.58. The minimum absolute atomic E-state index is 0.0694. The molecule has 1 amide bonds. The Labute approximate surface area is 158 Å². The van der Waals surface area contributed by atoms with Crippen LogP contribution in [0, 0.1) is 5.92 Å². The van der Waals surface area contributed by atoms with Gasteiger partial charge in [0.1, 0.15) is 33.4 Å². The Kier molecular flexibility index (Phi) is 3.96. The van der Waals surface area contributed by atoms with Crippen LogP contribution >= 0.6 is 11.3 Å². The van der Waals surface area contributed by atoms with Crippen LogP contribution in [0.25, 0.3) is 27.6 Å². The minimum Gasteiger partial charge on any atom is -0.508 e. The number of allylic oxidation sites excluding steroid dienone is 3. The lowest BCUT2D eigenvalue weighted by Crippen LogP contribution is -2.17. The first-order chi connectivity index (χ1) is 12.9. The van der Waals surface area contributed by atoms with E-state index in [9.17, 15) is 9.90 Å². The summed E-state index contributed by atoms with van der Waals surface area (Å²) >= 11 is 1.42. The second kappa shape index (κ2) is 6.20. The van der Waals surface area contributed by atoms with Crippen molar-refractivity contribution in [1.82, 2.24) is 19.5 Å². The number of nitrogen functional groups attached to an aromatic ring is 1. The molecule has 0 saturated carbocycles. The predicted octanol–water partition coefficient (Wildman–Crippen LogP) is 2.95. The first-order valence-corrected chi connectivity index (χ1v) is 9.25. The maximum Gasteiger partial charge on any atom is 0.254 e. The predicted molar refractivity (Wildman–Crippen MR) is 105 cm³/mol. The fraction of sp³-hybridized carbons (Fsp3) is 0.222. The number of carbonyl (C=O) groups excluding carboxylic acids is 1. The van der Waals surface area contributed by atoms with Gasteiger partial charge >= 0.3 is 0 Å². The summed E-state index contributed by atoms with van der Waals surface area (Å²) in [6.07, 6.45) is 5.69. The molecule has 3 aromatic heterocycles. The van der Waals surface area contributed by atoms with Gasteiger partial charge in [0.2, 0.25) is 0 Å². The van der Waals surface area contributed by atoms with Crippen molar-refractivity contribution < 1.29 is 9.90 Å². The van der Waals surface area contributed by atoms with E-state index in [4.69, 9.17) is 11.5 Å². The summed E-state index contributed by atoms with van der Waals surface area (Å²) in [5.74, 6) is -0.245. The van der Waals surface area contributed by atoms with Gasteiger partial charge in [0.25, 0.3) is 5.91 Å². The van der Waals surface area contributed by atoms with Crippen molar-refractivity contribution in [2.75, 3.05) is 5.73 Å². The van der Waals surface area contributed by atoms with Crippen molar-refractivity contribution in [3.8, 4) is 10.7 Å². The molecule has 27 heavy (non-hydrogen) atoms. The van der Waals surface area contributed by atoms with Crippen LogP contribution in [-0.4, -0.2) is 30.5 Å². The molecule has 3 aromatic rings. The summed E-state index contributed by atoms with van der Waals surface area (Å²) < 4.78 is 1.68. The van der Waals surface area contributed by atoms with E-state index in [0.717, 1.165) is 5.70 Å². The molecule has 5 N–H and O–H groups in total. The van der Waals surface area contributed by atoms with Gasteiger partial charge in [-0.05, 0) is 19.4 Å². The molecule has 8 nitrogen and oxygen atoms in total. The number of aliphatic hydroxyl groups excluding tert-OH is 1. The molecular formula is C18H18N6O2S. The number of thiazole rings is 1. The number of rotatable bonds is 3. The van der Waals surface area contributed by atoms with Crippen molar-refractivity contribution >= 4 is 39.9 Å². The summed E-state index contributed by atoms with van der Waals surface area (Å²) in [6.45, 7) is 3.83. The number of carbonyl (C=O) groups is 1. The number of nitrogens with two attached hydrogens (primary N) is 2. The van der Waals surface area contributed by atoms with Gasteiger partial charge in [-0.3, -0.25) is 9.36 Å². The first kappa shape index (κ1) is 17.2. The van der Waals surface area contributed by atoms with Crippen molar-refractivity contribution in [1.29, 1.82) is 0 Å². The van der Waals surface area contributed by atoms with Gasteiger partial charge in [-0.2, -0.15) is 0 Å². The van der Waals surface area contributed by atoms with Gasteiger partial charge in [0.15, 0.2) is 5.65 Å². The molecule has 0 aromatic carbocycles. The van der Waals surface area contributed by atoms with E-state index < -0.39 is 5.91 Å². The summed E-state index contributed by atoms with van der Waals surface area (Å²) in [5, 5.41) is 12.7. The fourth-order valence-electron chi connectivity index (χ4n) is 3.44. The van der Waals surface area contributed by atoms with Gasteiger partial charge in [0, 0.05) is 28.8 Å². The van der Waals surface area contributed by atoms with E-state index in [1.807, 2.05) is 19.2 Å². The van der Waals surface area contributed by atoms with Gasteiger partial charge in [0.05, 0.1) is 6.20 Å². The molecule has 0 saturated heterocycles. The zero-order valence-electron chi connectivity index (χ0n) is 14.8. The molecule has 0 spiro atoms. The van der Waals surface area contributed by atoms with Crippen LogP contribution in [0.2, 0.25) is 0 Å². The topological polar surface area (TPSA) is 133 Å². The summed E-state index contributed by atoms with van der Waals surface area (Å²) in [5.41, 5.74) is 14.8. The van der Waals surface area contributed by atoms with Crippen LogP contribution < -0.4 is 11.5 Å². The molecule has 138 valence electrons. The summed E-state index contributed by atoms with van der Waals surface area (Å²) in [4.78, 5) is 25.4. The van der Waals surface area contributed by atoms with Crippen molar-refractivity contribution in [2.45, 2.75) is 20.3 Å². The van der Waals surface area contributed by atoms with Crippen LogP contribution in [0.15, 0.2) is 35.2 Å². The zero-order valence-corrected chi connectivity index (χ0v) is 15.6. The molecule has 0 radical (unpaired) electrons. The maximum absolute atomic E-state index is 12.1. The normalized spacial score (nSPS) is 17.4. The molecule has 0 bridgehead atoms. The van der Waals surface area contributed by atoms with Gasteiger partial charge < -0.3 is 16.6 Å². The van der Waals surface area contributed by atoms with E-state index in [2.05, 4.69) is 15.0 Å². The van der Waals surface area contributed by atoms with Crippen molar-refractivity contribution in [3.05, 3.63) is 40.7 Å². The van der Waals surface area contributed by atoms with Crippen LogP contribution in [-0.2, 0) is 0 Å². The quantitative estimate of drug-likeness (QED) is 0.638. The van der Waals surface area contributed by atoms with E-state index in [-0.39, 0.29) is 23.1 Å². The Morgan fingerprint density at radius 3 is 2.85 bits per heavy atom. The van der Waals surface area contributed by atoms with Crippen LogP contribution in [0.1, 0.15) is 30.6 Å². The minimum atomic E-state index is -0.677. The Hall–Kier alpha value is -3.20. The lowest BCUT2D eigenvalue weighted by molar-refractivity contribution is 0.100. The highest BCUT2D eigenvalue weighted by molar-refractivity contribution is 7.13. The number of amides is 1. The molecule has 0 unspecified atom stereocenters. The van der Waals surface area contributed by atoms with E-state index in [0.29, 0.717) is 33.9 Å². The highest BCUT2D eigenvalue weighted by Crippen LogP contribution is 2.38. The fourth-order valence-corrected chi connectivity index (χ4v) is 4.03. The Balaban J connectivity index is 2.05. The third-order valence-corrected chi connectivity index (χ3v) is 5.53. The average Bonchev–Trinajstić information content (AvgIpc) is 3.25. The summed E-state index contributed by atoms with van der Waals surface area (Å²) in [7, 11) is 0. The van der Waals surface area contributed by atoms with E-state index >= 15 is 0 Å². The van der Waals surface area contributed by atoms with Gasteiger partial charge in [-0.15, -0.1) is 11.3 Å². The number of primary amides is 1. The molecule has 1 atom stereocenters. The maximum atomic E-state index is 12.1. The smallest absolute Gasteiger partial charge is 0.254 e. The molecule has 3 heterocycles. The van der Waals surface area contributed by atoms with E-state index in [1.165, 1.54) is 11.3 Å². The SMILES string of the molecule is CC1=C(n2c(N)c(C(N)=O)c3nc(-c4nccs4)cnc32)[C@H](C)CC=C1O. The number of aliphatic hydroxyl groups is 1. The van der Waals surface area contributed by atoms with Gasteiger partial charge in [-0.1, -0.05) is 6.92 Å². The second-order valence-corrected chi connectivity index (χ2v) is 7.36. The Bertz CT molecular complexity index is 1130. The standard InChI is InChI=1S/C18H18N6O2S/c1-8-3-4-11(25)9(2)14(8)24-15(19)12(16(20)26)13-17(24)22-7-10(23-13)18-21-5-6-27-18/h4-8,25H,3,19H2,1-2H3,(H2,20,26)/t8-/m1/s1. The molecular weight excluding hydrogens is 364 g/mol. The lowest BCUT2D eigenvalue weighted by atomic mass is 9.93. The Morgan fingerprint density at radius 2 is 2.19 bits per heavy atom. The van der Waals surface area contributed by atoms with Crippen LogP contribution in [0.4, 0.5) is 5.82 Å². The number of nitrogens with zero attached hydrogens (tertiary/aromatic N) is 4. The highest BCUT2D eigenvalue weighted by Gasteiger charge is 2.29. The number of fused-ring (bicyclic) bond motifs is 1. The number of anilines is 1. The molecule has 9 heteroatoms. The Morgan fingerprint density at radius 1 is 1.41 bits per heavy atom. The summed E-state index contributed by atoms with van der Waals surface area (Å²) in [6, 6.07) is 0. The van der Waals surface area contributed by atoms with Crippen molar-refractivity contribution in [2.24, 2.45) is 11.7 Å². The molecule has 0 aliphatic heterocycles. The van der Waals surface area contributed by atoms with Crippen molar-refractivity contribution in [3.63, 3.8) is 0 Å². The number of aromatic nitrogens is 4. The highest BCUT2D eigenvalue weighted by atomic mass is 32.1.